The zero-order chi connectivity index (χ0) is 25.1. The Labute approximate surface area is 209 Å². The number of fused-ring (bicyclic) bond motifs is 3. The summed E-state index contributed by atoms with van der Waals surface area (Å²) < 4.78 is 30.9. The fourth-order valence-electron chi connectivity index (χ4n) is 5.30. The molecule has 0 aromatic heterocycles. The molecule has 2 aromatic carbocycles. The lowest BCUT2D eigenvalue weighted by atomic mass is 9.84. The SMILES string of the molecule is O=C(C[C@@H]1C[C@H]2c3cc(NC(=O)C4CCOCC4)ccc3O[C@H]2[C@@H](CO)O1)NCc1cccc(F)c1. The van der Waals surface area contributed by atoms with Crippen molar-refractivity contribution in [3.63, 3.8) is 0 Å². The molecule has 0 unspecified atom stereocenters. The van der Waals surface area contributed by atoms with E-state index < -0.39 is 12.2 Å². The Morgan fingerprint density at radius 3 is 2.72 bits per heavy atom. The highest BCUT2D eigenvalue weighted by Crippen LogP contribution is 2.47. The van der Waals surface area contributed by atoms with Gasteiger partial charge in [0.15, 0.2) is 0 Å². The third-order valence-electron chi connectivity index (χ3n) is 7.15. The van der Waals surface area contributed by atoms with Gasteiger partial charge in [-0.05, 0) is 55.2 Å². The summed E-state index contributed by atoms with van der Waals surface area (Å²) in [6.07, 6.45) is 0.733. The second-order valence-electron chi connectivity index (χ2n) is 9.64. The van der Waals surface area contributed by atoms with Crippen molar-refractivity contribution in [3.05, 3.63) is 59.4 Å². The normalized spacial score (nSPS) is 25.4. The molecule has 36 heavy (non-hydrogen) atoms. The van der Waals surface area contributed by atoms with E-state index in [2.05, 4.69) is 10.6 Å². The lowest BCUT2D eigenvalue weighted by Gasteiger charge is -2.37. The standard InChI is InChI=1S/C27H31FN2O6/c28-18-3-1-2-16(10-18)14-29-25(32)13-20-12-22-21-11-19(30-27(33)17-6-8-34-9-7-17)4-5-23(21)36-26(22)24(15-31)35-20/h1-5,10-11,17,20,22,24,26,31H,6-9,12-15H2,(H,29,32)(H,30,33)/t20-,22-,24+,26+/m0/s1. The van der Waals surface area contributed by atoms with E-state index in [1.807, 2.05) is 18.2 Å². The third kappa shape index (κ3) is 5.53. The molecule has 2 amide bonds. The molecule has 3 aliphatic heterocycles. The molecule has 9 heteroatoms. The van der Waals surface area contributed by atoms with Gasteiger partial charge < -0.3 is 30.0 Å². The maximum absolute atomic E-state index is 13.4. The summed E-state index contributed by atoms with van der Waals surface area (Å²) in [5.41, 5.74) is 2.32. The minimum Gasteiger partial charge on any atom is -0.487 e. The molecule has 0 radical (unpaired) electrons. The first-order chi connectivity index (χ1) is 17.5. The summed E-state index contributed by atoms with van der Waals surface area (Å²) in [7, 11) is 0. The summed E-state index contributed by atoms with van der Waals surface area (Å²) in [4.78, 5) is 25.3. The van der Waals surface area contributed by atoms with Gasteiger partial charge in [0.25, 0.3) is 0 Å². The molecular formula is C27H31FN2O6. The average Bonchev–Trinajstić information content (AvgIpc) is 3.25. The van der Waals surface area contributed by atoms with Gasteiger partial charge in [0.05, 0.1) is 19.1 Å². The van der Waals surface area contributed by atoms with Crippen molar-refractivity contribution in [1.29, 1.82) is 0 Å². The van der Waals surface area contributed by atoms with Gasteiger partial charge in [0, 0.05) is 42.8 Å². The number of ether oxygens (including phenoxy) is 3. The number of halogens is 1. The zero-order valence-electron chi connectivity index (χ0n) is 20.0. The van der Waals surface area contributed by atoms with Gasteiger partial charge in [-0.25, -0.2) is 4.39 Å². The predicted octanol–water partition coefficient (Wildman–Crippen LogP) is 2.89. The molecule has 2 aromatic rings. The van der Waals surface area contributed by atoms with E-state index in [9.17, 15) is 19.1 Å². The van der Waals surface area contributed by atoms with Crippen LogP contribution in [0.5, 0.6) is 5.75 Å². The molecule has 5 rings (SSSR count). The Morgan fingerprint density at radius 1 is 1.11 bits per heavy atom. The van der Waals surface area contributed by atoms with Crippen LogP contribution >= 0.6 is 0 Å². The predicted molar refractivity (Wildman–Crippen MR) is 129 cm³/mol. The maximum Gasteiger partial charge on any atom is 0.227 e. The molecule has 2 saturated heterocycles. The topological polar surface area (TPSA) is 106 Å². The van der Waals surface area contributed by atoms with Crippen molar-refractivity contribution in [2.45, 2.75) is 56.5 Å². The number of anilines is 1. The zero-order valence-corrected chi connectivity index (χ0v) is 20.0. The number of aliphatic hydroxyl groups excluding tert-OH is 1. The first-order valence-corrected chi connectivity index (χ1v) is 12.5. The molecule has 3 N–H and O–H groups in total. The second-order valence-corrected chi connectivity index (χ2v) is 9.64. The smallest absolute Gasteiger partial charge is 0.227 e. The number of hydrogen-bond donors (Lipinski definition) is 3. The number of hydrogen-bond acceptors (Lipinski definition) is 6. The molecule has 0 spiro atoms. The molecule has 3 aliphatic rings. The van der Waals surface area contributed by atoms with Gasteiger partial charge in [-0.2, -0.15) is 0 Å². The monoisotopic (exact) mass is 498 g/mol. The Balaban J connectivity index is 1.23. The quantitative estimate of drug-likeness (QED) is 0.542. The number of nitrogens with one attached hydrogen (secondary N) is 2. The average molecular weight is 499 g/mol. The van der Waals surface area contributed by atoms with Crippen LogP contribution in [-0.4, -0.2) is 55.1 Å². The van der Waals surface area contributed by atoms with Crippen molar-refractivity contribution in [3.8, 4) is 5.75 Å². The van der Waals surface area contributed by atoms with Crippen LogP contribution in [0.3, 0.4) is 0 Å². The van der Waals surface area contributed by atoms with Crippen LogP contribution in [0.1, 0.15) is 42.7 Å². The van der Waals surface area contributed by atoms with Crippen LogP contribution in [0.2, 0.25) is 0 Å². The number of carbonyl (C=O) groups excluding carboxylic acids is 2. The summed E-state index contributed by atoms with van der Waals surface area (Å²) in [5.74, 6) is -0.0116. The van der Waals surface area contributed by atoms with Gasteiger partial charge in [0.2, 0.25) is 11.8 Å². The summed E-state index contributed by atoms with van der Waals surface area (Å²) in [5, 5.41) is 15.8. The van der Waals surface area contributed by atoms with E-state index in [0.717, 1.165) is 5.56 Å². The molecule has 0 bridgehead atoms. The van der Waals surface area contributed by atoms with E-state index in [4.69, 9.17) is 14.2 Å². The molecule has 0 saturated carbocycles. The Hall–Kier alpha value is -3.01. The number of amides is 2. The van der Waals surface area contributed by atoms with Crippen LogP contribution in [0.15, 0.2) is 42.5 Å². The number of benzene rings is 2. The first kappa shape index (κ1) is 24.7. The highest BCUT2D eigenvalue weighted by atomic mass is 19.1. The van der Waals surface area contributed by atoms with Crippen molar-refractivity contribution in [1.82, 2.24) is 5.32 Å². The van der Waals surface area contributed by atoms with Crippen LogP contribution in [0.25, 0.3) is 0 Å². The first-order valence-electron chi connectivity index (χ1n) is 12.5. The lowest BCUT2D eigenvalue weighted by Crippen LogP contribution is -2.47. The van der Waals surface area contributed by atoms with Crippen molar-refractivity contribution in [2.24, 2.45) is 5.92 Å². The van der Waals surface area contributed by atoms with Gasteiger partial charge in [-0.3, -0.25) is 9.59 Å². The molecule has 4 atom stereocenters. The minimum atomic E-state index is -0.572. The van der Waals surface area contributed by atoms with Crippen molar-refractivity contribution >= 4 is 17.5 Å². The van der Waals surface area contributed by atoms with Gasteiger partial charge in [-0.15, -0.1) is 0 Å². The van der Waals surface area contributed by atoms with E-state index in [-0.39, 0.29) is 55.1 Å². The van der Waals surface area contributed by atoms with Gasteiger partial charge in [0.1, 0.15) is 23.8 Å². The minimum absolute atomic E-state index is 0.0122. The Bertz CT molecular complexity index is 1110. The maximum atomic E-state index is 13.4. The third-order valence-corrected chi connectivity index (χ3v) is 7.15. The number of aliphatic hydroxyl groups is 1. The fraction of sp³-hybridized carbons (Fsp3) is 0.481. The number of rotatable bonds is 7. The highest BCUT2D eigenvalue weighted by molar-refractivity contribution is 5.92. The molecule has 0 aliphatic carbocycles. The van der Waals surface area contributed by atoms with Crippen LogP contribution in [-0.2, 0) is 25.6 Å². The van der Waals surface area contributed by atoms with E-state index >= 15 is 0 Å². The Kier molecular flexibility index (Phi) is 7.50. The fourth-order valence-corrected chi connectivity index (χ4v) is 5.30. The van der Waals surface area contributed by atoms with Crippen molar-refractivity contribution < 1.29 is 33.3 Å². The molecule has 2 fully saturated rings. The largest absolute Gasteiger partial charge is 0.487 e. The van der Waals surface area contributed by atoms with E-state index in [1.165, 1.54) is 12.1 Å². The highest BCUT2D eigenvalue weighted by Gasteiger charge is 2.46. The van der Waals surface area contributed by atoms with Crippen LogP contribution in [0.4, 0.5) is 10.1 Å². The molecule has 192 valence electrons. The van der Waals surface area contributed by atoms with Gasteiger partial charge in [-0.1, -0.05) is 12.1 Å². The second kappa shape index (κ2) is 10.9. The Morgan fingerprint density at radius 2 is 1.94 bits per heavy atom. The van der Waals surface area contributed by atoms with Gasteiger partial charge >= 0.3 is 0 Å². The number of carbonyl (C=O) groups is 2. The molecular weight excluding hydrogens is 467 g/mol. The summed E-state index contributed by atoms with van der Waals surface area (Å²) in [6.45, 7) is 1.18. The molecule has 8 nitrogen and oxygen atoms in total. The van der Waals surface area contributed by atoms with Crippen LogP contribution in [0, 0.1) is 11.7 Å². The molecule has 3 heterocycles. The van der Waals surface area contributed by atoms with E-state index in [1.54, 1.807) is 12.1 Å². The van der Waals surface area contributed by atoms with Crippen LogP contribution < -0.4 is 15.4 Å². The lowest BCUT2D eigenvalue weighted by molar-refractivity contribution is -0.142. The van der Waals surface area contributed by atoms with E-state index in [0.29, 0.717) is 49.5 Å². The summed E-state index contributed by atoms with van der Waals surface area (Å²) in [6, 6.07) is 11.7. The van der Waals surface area contributed by atoms with Crippen molar-refractivity contribution in [2.75, 3.05) is 25.1 Å². The summed E-state index contributed by atoms with van der Waals surface area (Å²) >= 11 is 0.